The van der Waals surface area contributed by atoms with Gasteiger partial charge in [0.15, 0.2) is 0 Å². The minimum Gasteiger partial charge on any atom is -0.308 e. The van der Waals surface area contributed by atoms with Gasteiger partial charge in [-0.3, -0.25) is 0 Å². The van der Waals surface area contributed by atoms with E-state index in [0.29, 0.717) is 0 Å². The molecular formula is CH4OS67. The highest BCUT2D eigenvalue weighted by Gasteiger charge is 2.06. The van der Waals surface area contributed by atoms with Crippen molar-refractivity contribution in [2.45, 2.75) is 0 Å². The molecule has 0 atom stereocenters. The van der Waals surface area contributed by atoms with Gasteiger partial charge in [-0.05, 0) is 78.6 Å². The predicted molar refractivity (Wildman–Crippen MR) is 517 cm³/mol. The molecule has 0 aliphatic heterocycles. The fourth-order valence-corrected chi connectivity index (χ4v) is 176. The van der Waals surface area contributed by atoms with E-state index < -0.39 is 0 Å². The molecule has 0 spiro atoms. The van der Waals surface area contributed by atoms with Gasteiger partial charge >= 0.3 is 0 Å². The van der Waals surface area contributed by atoms with Crippen molar-refractivity contribution in [2.24, 2.45) is 0 Å². The van der Waals surface area contributed by atoms with Crippen molar-refractivity contribution in [1.82, 2.24) is 0 Å². The minimum atomic E-state index is 1.40. The highest BCUT2D eigenvalue weighted by molar-refractivity contribution is 9.65. The van der Waals surface area contributed by atoms with E-state index in [4.69, 9.17) is 4.18 Å². The van der Waals surface area contributed by atoms with Gasteiger partial charge in [0.1, 0.15) is 0 Å². The zero-order valence-corrected chi connectivity index (χ0v) is 83.6. The summed E-state index contributed by atoms with van der Waals surface area (Å²) in [6, 6.07) is 0. The normalized spacial score (nSPS) is 11.7. The first-order chi connectivity index (χ1) is 34.4. The molecule has 0 saturated heterocycles. The molecular weight excluding hydrogens is 2180 g/mol. The third-order valence-electron chi connectivity index (χ3n) is 1.88. The van der Waals surface area contributed by atoms with Crippen LogP contribution < -0.4 is 0 Å². The first-order valence-electron chi connectivity index (χ1n) is 11.6. The molecule has 416 valence electrons. The Bertz CT molecular complexity index is 762. The van der Waals surface area contributed by atoms with Crippen molar-refractivity contribution >= 4 is 661 Å². The Hall–Kier alpha value is 23.4. The van der Waals surface area contributed by atoms with Crippen LogP contribution in [0.3, 0.4) is 0 Å². The molecule has 0 N–H and O–H groups in total. The molecule has 0 amide bonds. The summed E-state index contributed by atoms with van der Waals surface area (Å²) in [5.74, 6) is 0. The Morgan fingerprint density at radius 2 is 0.232 bits per heavy atom. The van der Waals surface area contributed by atoms with E-state index >= 15 is 0 Å². The van der Waals surface area contributed by atoms with Crippen LogP contribution in [0.25, 0.3) is 0 Å². The highest BCUT2D eigenvalue weighted by atomic mass is 34.1. The topological polar surface area (TPSA) is 9.23 Å². The van der Waals surface area contributed by atoms with E-state index in [0.717, 1.165) is 0 Å². The summed E-state index contributed by atoms with van der Waals surface area (Å²) in [5, 5.41) is 0. The van der Waals surface area contributed by atoms with Crippen LogP contribution >= 0.6 is 661 Å². The smallest absolute Gasteiger partial charge is 0.0746 e. The third-order valence-corrected chi connectivity index (χ3v) is 146. The summed E-state index contributed by atoms with van der Waals surface area (Å²) in [4.78, 5) is 0. The minimum absolute atomic E-state index is 1.40. The Kier molecular flexibility index (Phi) is 122. The van der Waals surface area contributed by atoms with Crippen molar-refractivity contribution in [3.05, 3.63) is 0 Å². The molecule has 0 rings (SSSR count). The van der Waals surface area contributed by atoms with Crippen LogP contribution in [0.2, 0.25) is 0 Å². The molecule has 69 heavy (non-hydrogen) atoms. The maximum Gasteiger partial charge on any atom is 0.0746 e. The zero-order valence-electron chi connectivity index (χ0n) is 28.8. The maximum absolute atomic E-state index is 4.93. The second-order valence-corrected chi connectivity index (χ2v) is 121. The second kappa shape index (κ2) is 91.4. The molecule has 0 aliphatic carbocycles. The first kappa shape index (κ1) is 92.4. The quantitative estimate of drug-likeness (QED) is 0.0268. The standard InChI is InChI=1S/CH4OS67/c1-2-4-6-8-10-12-14-16-18-20-22-24-26-28-30-32-34-36-38-40-42-44-46-48-50-52-54-56-58-60-62-64-66-68-69-67-65-63-61-59-57-55-53-51-49-47-45-43-41-39-37-35-33-31-29-27-25-23-21-19-17-15-13-11-9-7-5-3/h3H,1H3. The predicted octanol–water partition coefficient (Wildman–Crippen LogP) is 43.3. The average molecular weight is 2180 g/mol. The molecule has 0 unspecified atom stereocenters. The van der Waals surface area contributed by atoms with Crippen molar-refractivity contribution < 1.29 is 4.18 Å². The lowest BCUT2D eigenvalue weighted by atomic mass is 11.8. The Morgan fingerprint density at radius 1 is 0.145 bits per heavy atom. The summed E-state index contributed by atoms with van der Waals surface area (Å²) in [6.07, 6.45) is 0. The zero-order chi connectivity index (χ0) is 49.4. The van der Waals surface area contributed by atoms with Crippen LogP contribution in [-0.2, 0) is 4.18 Å². The van der Waals surface area contributed by atoms with Gasteiger partial charge in [-0.15, -0.1) is 0 Å². The summed E-state index contributed by atoms with van der Waals surface area (Å²) in [7, 11) is 119. The Balaban J connectivity index is 3.07. The van der Waals surface area contributed by atoms with Crippen molar-refractivity contribution in [2.75, 3.05) is 7.11 Å². The fraction of sp³-hybridized carbons (Fsp3) is 1.00. The van der Waals surface area contributed by atoms with E-state index in [-0.39, 0.29) is 0 Å². The summed E-state index contributed by atoms with van der Waals surface area (Å²) < 4.78 is 4.93. The number of hydrogen-bond acceptors (Lipinski definition) is 68. The largest absolute Gasteiger partial charge is 0.308 e. The van der Waals surface area contributed by atoms with Crippen LogP contribution in [0.1, 0.15) is 0 Å². The fourth-order valence-electron chi connectivity index (χ4n) is 0.755. The van der Waals surface area contributed by atoms with Gasteiger partial charge in [-0.1, -0.05) is 11.7 Å². The Labute approximate surface area is 654 Å². The molecule has 68 heteroatoms. The molecule has 0 aromatic carbocycles. The molecule has 0 aliphatic rings. The molecule has 0 aromatic heterocycles. The first-order valence-corrected chi connectivity index (χ1v) is 100. The lowest BCUT2D eigenvalue weighted by Crippen LogP contribution is -1.51. The monoisotopic (exact) mass is 2170 g/mol. The lowest BCUT2D eigenvalue weighted by Gasteiger charge is -2.00. The third kappa shape index (κ3) is 91.4. The van der Waals surface area contributed by atoms with Crippen molar-refractivity contribution in [3.63, 3.8) is 0 Å². The maximum atomic E-state index is 4.93. The summed E-state index contributed by atoms with van der Waals surface area (Å²) in [6.45, 7) is 0. The van der Waals surface area contributed by atoms with Gasteiger partial charge in [0.2, 0.25) is 0 Å². The highest BCUT2D eigenvalue weighted by Crippen LogP contribution is 2.71. The van der Waals surface area contributed by atoms with Crippen LogP contribution in [-0.4, -0.2) is 7.11 Å². The van der Waals surface area contributed by atoms with Crippen molar-refractivity contribution in [3.8, 4) is 0 Å². The van der Waals surface area contributed by atoms with E-state index in [1.165, 1.54) is 20.9 Å². The van der Waals surface area contributed by atoms with Crippen molar-refractivity contribution in [1.29, 1.82) is 0 Å². The number of rotatable bonds is 66. The van der Waals surface area contributed by atoms with E-state index in [9.17, 15) is 0 Å². The molecule has 0 saturated carbocycles. The average Bonchev–Trinajstić information content (AvgIpc) is 3.36. The van der Waals surface area contributed by atoms with E-state index in [2.05, 4.69) is 11.7 Å². The summed E-state index contributed by atoms with van der Waals surface area (Å²) in [5.41, 5.74) is 0. The van der Waals surface area contributed by atoms with Gasteiger partial charge < -0.3 is 4.18 Å². The van der Waals surface area contributed by atoms with Gasteiger partial charge in [-0.2, -0.15) is 0 Å². The molecule has 0 heterocycles. The van der Waals surface area contributed by atoms with Crippen LogP contribution in [0, 0.1) is 0 Å². The van der Waals surface area contributed by atoms with Crippen LogP contribution in [0.15, 0.2) is 0 Å². The van der Waals surface area contributed by atoms with Gasteiger partial charge in [0.05, 0.1) is 18.2 Å². The van der Waals surface area contributed by atoms with E-state index in [1.807, 2.05) is 521 Å². The van der Waals surface area contributed by atoms with Crippen LogP contribution in [0.5, 0.6) is 0 Å². The number of thiol groups is 1. The van der Waals surface area contributed by atoms with Crippen LogP contribution in [0.4, 0.5) is 0 Å². The second-order valence-electron chi connectivity index (χ2n) is 4.66. The summed E-state index contributed by atoms with van der Waals surface area (Å²) >= 11 is 5.50. The SMILES string of the molecule is COSSSSSSSSSSSSSSSSSSSSSSSSSSSSSSSSSSSSSSSSSSSSSSSSSSSSSSSSSSSSSSSSSSS. The Morgan fingerprint density at radius 3 is 0.319 bits per heavy atom. The van der Waals surface area contributed by atoms with Gasteiger partial charge in [0.25, 0.3) is 0 Å². The molecule has 1 nitrogen and oxygen atoms in total. The molecule has 0 bridgehead atoms. The molecule has 0 fully saturated rings. The molecule has 0 aromatic rings. The van der Waals surface area contributed by atoms with E-state index in [1.54, 1.807) is 115 Å². The number of hydrogen-bond donors (Lipinski definition) is 1. The van der Waals surface area contributed by atoms with Gasteiger partial charge in [-0.25, -0.2) is 0 Å². The lowest BCUT2D eigenvalue weighted by molar-refractivity contribution is 0.498. The molecule has 0 radical (unpaired) electrons. The van der Waals surface area contributed by atoms with Gasteiger partial charge in [0, 0.05) is 560 Å².